The van der Waals surface area contributed by atoms with Gasteiger partial charge in [-0.25, -0.2) is 0 Å². The van der Waals surface area contributed by atoms with Crippen molar-refractivity contribution in [3.8, 4) is 0 Å². The standard InChI is InChI=1S/C8H15NO/c1-9-4-2-7-3-5-10-8(7)6-9/h7-8H,2-6H2,1H3/t7-,8+/m0/s1. The Kier molecular flexibility index (Phi) is 1.66. The number of fused-ring (bicyclic) bond motifs is 1. The largest absolute Gasteiger partial charge is 0.377 e. The lowest BCUT2D eigenvalue weighted by Gasteiger charge is -2.31. The number of nitrogens with zero attached hydrogens (tertiary/aromatic N) is 1. The van der Waals surface area contributed by atoms with Gasteiger partial charge in [0.25, 0.3) is 0 Å². The van der Waals surface area contributed by atoms with Gasteiger partial charge >= 0.3 is 0 Å². The van der Waals surface area contributed by atoms with Gasteiger partial charge in [0.2, 0.25) is 0 Å². The molecule has 2 nitrogen and oxygen atoms in total. The summed E-state index contributed by atoms with van der Waals surface area (Å²) in [7, 11) is 2.18. The predicted octanol–water partition coefficient (Wildman–Crippen LogP) is 0.727. The van der Waals surface area contributed by atoms with Crippen LogP contribution in [0.2, 0.25) is 0 Å². The van der Waals surface area contributed by atoms with Gasteiger partial charge in [0, 0.05) is 13.2 Å². The highest BCUT2D eigenvalue weighted by Crippen LogP contribution is 2.27. The van der Waals surface area contributed by atoms with Crippen molar-refractivity contribution in [3.05, 3.63) is 0 Å². The van der Waals surface area contributed by atoms with Crippen LogP contribution in [0.3, 0.4) is 0 Å². The number of rotatable bonds is 0. The van der Waals surface area contributed by atoms with E-state index in [-0.39, 0.29) is 0 Å². The molecule has 2 fully saturated rings. The molecule has 2 aliphatic heterocycles. The molecule has 2 aliphatic rings. The molecule has 2 atom stereocenters. The number of hydrogen-bond donors (Lipinski definition) is 0. The topological polar surface area (TPSA) is 12.5 Å². The molecule has 0 aromatic heterocycles. The fourth-order valence-corrected chi connectivity index (χ4v) is 2.01. The van der Waals surface area contributed by atoms with Crippen LogP contribution in [-0.4, -0.2) is 37.7 Å². The van der Waals surface area contributed by atoms with Crippen LogP contribution in [0.5, 0.6) is 0 Å². The summed E-state index contributed by atoms with van der Waals surface area (Å²) in [6, 6.07) is 0. The molecular formula is C8H15NO. The van der Waals surface area contributed by atoms with Crippen molar-refractivity contribution in [2.45, 2.75) is 18.9 Å². The van der Waals surface area contributed by atoms with Gasteiger partial charge in [-0.2, -0.15) is 0 Å². The van der Waals surface area contributed by atoms with Gasteiger partial charge in [-0.3, -0.25) is 0 Å². The number of hydrogen-bond acceptors (Lipinski definition) is 2. The lowest BCUT2D eigenvalue weighted by Crippen LogP contribution is -2.39. The van der Waals surface area contributed by atoms with E-state index < -0.39 is 0 Å². The average molecular weight is 141 g/mol. The van der Waals surface area contributed by atoms with E-state index in [0.717, 1.165) is 19.1 Å². The van der Waals surface area contributed by atoms with Crippen LogP contribution in [-0.2, 0) is 4.74 Å². The SMILES string of the molecule is CN1CC[C@H]2CCO[C@@H]2C1. The van der Waals surface area contributed by atoms with Crippen molar-refractivity contribution in [1.29, 1.82) is 0 Å². The molecule has 2 saturated heterocycles. The first-order valence-electron chi connectivity index (χ1n) is 4.16. The van der Waals surface area contributed by atoms with Crippen LogP contribution in [0.1, 0.15) is 12.8 Å². The lowest BCUT2D eigenvalue weighted by atomic mass is 9.94. The fourth-order valence-electron chi connectivity index (χ4n) is 2.01. The second-order valence-electron chi connectivity index (χ2n) is 3.51. The van der Waals surface area contributed by atoms with Gasteiger partial charge in [-0.05, 0) is 32.4 Å². The molecule has 10 heavy (non-hydrogen) atoms. The van der Waals surface area contributed by atoms with Gasteiger partial charge in [-0.1, -0.05) is 0 Å². The molecule has 0 bridgehead atoms. The van der Waals surface area contributed by atoms with E-state index in [4.69, 9.17) is 4.74 Å². The number of likely N-dealkylation sites (N-methyl/N-ethyl adjacent to an activating group) is 1. The van der Waals surface area contributed by atoms with Gasteiger partial charge in [0.15, 0.2) is 0 Å². The van der Waals surface area contributed by atoms with E-state index in [2.05, 4.69) is 11.9 Å². The third-order valence-corrected chi connectivity index (χ3v) is 2.72. The quantitative estimate of drug-likeness (QED) is 0.493. The van der Waals surface area contributed by atoms with Crippen molar-refractivity contribution in [2.75, 3.05) is 26.7 Å². The lowest BCUT2D eigenvalue weighted by molar-refractivity contribution is 0.0360. The predicted molar refractivity (Wildman–Crippen MR) is 40.0 cm³/mol. The highest BCUT2D eigenvalue weighted by Gasteiger charge is 2.32. The monoisotopic (exact) mass is 141 g/mol. The van der Waals surface area contributed by atoms with Crippen LogP contribution in [0, 0.1) is 5.92 Å². The minimum absolute atomic E-state index is 0.568. The van der Waals surface area contributed by atoms with Crippen molar-refractivity contribution in [3.63, 3.8) is 0 Å². The Morgan fingerprint density at radius 2 is 2.30 bits per heavy atom. The Hall–Kier alpha value is -0.0800. The molecule has 0 aliphatic carbocycles. The molecule has 0 N–H and O–H groups in total. The molecule has 0 aromatic rings. The zero-order valence-electron chi connectivity index (χ0n) is 6.55. The highest BCUT2D eigenvalue weighted by atomic mass is 16.5. The summed E-state index contributed by atoms with van der Waals surface area (Å²) in [4.78, 5) is 2.37. The van der Waals surface area contributed by atoms with E-state index in [0.29, 0.717) is 6.10 Å². The van der Waals surface area contributed by atoms with Gasteiger partial charge in [-0.15, -0.1) is 0 Å². The normalized spacial score (nSPS) is 41.7. The summed E-state index contributed by atoms with van der Waals surface area (Å²) >= 11 is 0. The minimum atomic E-state index is 0.568. The second kappa shape index (κ2) is 2.51. The molecule has 0 radical (unpaired) electrons. The number of likely N-dealkylation sites (tertiary alicyclic amines) is 1. The maximum Gasteiger partial charge on any atom is 0.0731 e. The zero-order chi connectivity index (χ0) is 6.97. The van der Waals surface area contributed by atoms with Gasteiger partial charge in [0.05, 0.1) is 6.10 Å². The van der Waals surface area contributed by atoms with E-state index in [1.54, 1.807) is 0 Å². The summed E-state index contributed by atoms with van der Waals surface area (Å²) in [6.07, 6.45) is 3.22. The first-order chi connectivity index (χ1) is 4.86. The Labute approximate surface area is 62.2 Å². The summed E-state index contributed by atoms with van der Waals surface area (Å²) in [5.74, 6) is 0.885. The maximum atomic E-state index is 5.59. The zero-order valence-corrected chi connectivity index (χ0v) is 6.55. The minimum Gasteiger partial charge on any atom is -0.377 e. The molecule has 2 heterocycles. The van der Waals surface area contributed by atoms with Crippen LogP contribution in [0.4, 0.5) is 0 Å². The molecule has 0 amide bonds. The molecule has 0 saturated carbocycles. The van der Waals surface area contributed by atoms with Crippen LogP contribution >= 0.6 is 0 Å². The third kappa shape index (κ3) is 1.06. The smallest absolute Gasteiger partial charge is 0.0731 e. The fraction of sp³-hybridized carbons (Fsp3) is 1.00. The summed E-state index contributed by atoms with van der Waals surface area (Å²) in [5, 5.41) is 0. The van der Waals surface area contributed by atoms with Crippen LogP contribution in [0.15, 0.2) is 0 Å². The second-order valence-corrected chi connectivity index (χ2v) is 3.51. The Bertz CT molecular complexity index is 126. The van der Waals surface area contributed by atoms with E-state index in [9.17, 15) is 0 Å². The number of piperidine rings is 1. The first-order valence-corrected chi connectivity index (χ1v) is 4.16. The van der Waals surface area contributed by atoms with Gasteiger partial charge < -0.3 is 9.64 Å². The summed E-state index contributed by atoms with van der Waals surface area (Å²) < 4.78 is 5.59. The van der Waals surface area contributed by atoms with Crippen molar-refractivity contribution in [2.24, 2.45) is 5.92 Å². The van der Waals surface area contributed by atoms with E-state index in [1.807, 2.05) is 0 Å². The Balaban J connectivity index is 1.96. The number of ether oxygens (including phenoxy) is 1. The molecule has 0 unspecified atom stereocenters. The molecule has 58 valence electrons. The Morgan fingerprint density at radius 3 is 3.20 bits per heavy atom. The molecular weight excluding hydrogens is 126 g/mol. The average Bonchev–Trinajstić information content (AvgIpc) is 2.33. The summed E-state index contributed by atoms with van der Waals surface area (Å²) in [5.41, 5.74) is 0. The maximum absolute atomic E-state index is 5.59. The highest BCUT2D eigenvalue weighted by molar-refractivity contribution is 4.83. The van der Waals surface area contributed by atoms with Crippen molar-refractivity contribution < 1.29 is 4.74 Å². The van der Waals surface area contributed by atoms with Crippen LogP contribution < -0.4 is 0 Å². The van der Waals surface area contributed by atoms with Gasteiger partial charge in [0.1, 0.15) is 0 Å². The van der Waals surface area contributed by atoms with E-state index in [1.165, 1.54) is 19.4 Å². The van der Waals surface area contributed by atoms with Crippen molar-refractivity contribution >= 4 is 0 Å². The first kappa shape index (κ1) is 6.62. The molecule has 2 heteroatoms. The summed E-state index contributed by atoms with van der Waals surface area (Å²) in [6.45, 7) is 3.43. The van der Waals surface area contributed by atoms with Crippen molar-refractivity contribution in [1.82, 2.24) is 4.90 Å². The molecule has 0 spiro atoms. The molecule has 0 aromatic carbocycles. The van der Waals surface area contributed by atoms with Crippen LogP contribution in [0.25, 0.3) is 0 Å². The Morgan fingerprint density at radius 1 is 1.40 bits per heavy atom. The van der Waals surface area contributed by atoms with E-state index >= 15 is 0 Å². The molecule has 2 rings (SSSR count). The third-order valence-electron chi connectivity index (χ3n) is 2.72.